The highest BCUT2D eigenvalue weighted by atomic mass is 32.2. The molecule has 4 heteroatoms. The van der Waals surface area contributed by atoms with Gasteiger partial charge in [0.1, 0.15) is 9.84 Å². The normalized spacial score (nSPS) is 13.2. The SMILES string of the molecule is CCC(CC)(CCCS(=O)(=O)CC)CNC(C)C. The Morgan fingerprint density at radius 1 is 1.11 bits per heavy atom. The van der Waals surface area contributed by atoms with Gasteiger partial charge in [-0.2, -0.15) is 0 Å². The molecule has 18 heavy (non-hydrogen) atoms. The summed E-state index contributed by atoms with van der Waals surface area (Å²) in [5.74, 6) is 0.607. The lowest BCUT2D eigenvalue weighted by Gasteiger charge is -2.33. The molecule has 0 saturated heterocycles. The fraction of sp³-hybridized carbons (Fsp3) is 1.00. The molecule has 110 valence electrons. The first kappa shape index (κ1) is 17.9. The van der Waals surface area contributed by atoms with Gasteiger partial charge in [-0.3, -0.25) is 0 Å². The molecule has 0 amide bonds. The van der Waals surface area contributed by atoms with E-state index in [9.17, 15) is 8.42 Å². The van der Waals surface area contributed by atoms with Crippen molar-refractivity contribution in [2.75, 3.05) is 18.1 Å². The zero-order chi connectivity index (χ0) is 14.2. The van der Waals surface area contributed by atoms with Crippen LogP contribution in [0.1, 0.15) is 60.3 Å². The van der Waals surface area contributed by atoms with E-state index in [4.69, 9.17) is 0 Å². The van der Waals surface area contributed by atoms with Crippen LogP contribution in [0.5, 0.6) is 0 Å². The van der Waals surface area contributed by atoms with Crippen molar-refractivity contribution in [3.63, 3.8) is 0 Å². The average molecular weight is 277 g/mol. The first-order valence-corrected chi connectivity index (χ1v) is 9.06. The molecule has 0 atom stereocenters. The Morgan fingerprint density at radius 3 is 2.06 bits per heavy atom. The highest BCUT2D eigenvalue weighted by Gasteiger charge is 2.26. The van der Waals surface area contributed by atoms with Crippen molar-refractivity contribution in [1.29, 1.82) is 0 Å². The number of hydrogen-bond donors (Lipinski definition) is 1. The van der Waals surface area contributed by atoms with E-state index in [-0.39, 0.29) is 11.2 Å². The molecule has 0 aliphatic rings. The summed E-state index contributed by atoms with van der Waals surface area (Å²) in [6.45, 7) is 11.4. The Kier molecular flexibility index (Phi) is 8.11. The minimum Gasteiger partial charge on any atom is -0.314 e. The zero-order valence-electron chi connectivity index (χ0n) is 12.8. The van der Waals surface area contributed by atoms with Gasteiger partial charge < -0.3 is 5.32 Å². The van der Waals surface area contributed by atoms with Gasteiger partial charge in [0.2, 0.25) is 0 Å². The molecule has 1 N–H and O–H groups in total. The van der Waals surface area contributed by atoms with E-state index in [1.54, 1.807) is 6.92 Å². The molecule has 3 nitrogen and oxygen atoms in total. The minimum absolute atomic E-state index is 0.257. The van der Waals surface area contributed by atoms with Crippen molar-refractivity contribution in [3.05, 3.63) is 0 Å². The highest BCUT2D eigenvalue weighted by molar-refractivity contribution is 7.91. The second kappa shape index (κ2) is 8.16. The van der Waals surface area contributed by atoms with Gasteiger partial charge in [-0.1, -0.05) is 34.6 Å². The molecule has 0 radical (unpaired) electrons. The number of nitrogens with one attached hydrogen (secondary N) is 1. The van der Waals surface area contributed by atoms with Gasteiger partial charge in [-0.15, -0.1) is 0 Å². The van der Waals surface area contributed by atoms with Crippen molar-refractivity contribution < 1.29 is 8.42 Å². The van der Waals surface area contributed by atoms with Crippen LogP contribution in [0.25, 0.3) is 0 Å². The topological polar surface area (TPSA) is 46.2 Å². The van der Waals surface area contributed by atoms with Crippen LogP contribution in [0.3, 0.4) is 0 Å². The summed E-state index contributed by atoms with van der Waals surface area (Å²) in [7, 11) is -2.81. The zero-order valence-corrected chi connectivity index (χ0v) is 13.6. The van der Waals surface area contributed by atoms with Crippen molar-refractivity contribution in [3.8, 4) is 0 Å². The van der Waals surface area contributed by atoms with Gasteiger partial charge in [-0.25, -0.2) is 8.42 Å². The fourth-order valence-corrected chi connectivity index (χ4v) is 3.05. The molecule has 0 unspecified atom stereocenters. The molecule has 0 bridgehead atoms. The summed E-state index contributed by atoms with van der Waals surface area (Å²) in [6.07, 6.45) is 4.00. The van der Waals surface area contributed by atoms with E-state index in [1.807, 2.05) is 0 Å². The van der Waals surface area contributed by atoms with Crippen LogP contribution in [0, 0.1) is 5.41 Å². The summed E-state index contributed by atoms with van der Waals surface area (Å²) in [4.78, 5) is 0. The van der Waals surface area contributed by atoms with Gasteiger partial charge in [0.05, 0.1) is 5.75 Å². The molecule has 0 heterocycles. The number of sulfone groups is 1. The third-order valence-electron chi connectivity index (χ3n) is 3.99. The predicted octanol–water partition coefficient (Wildman–Crippen LogP) is 3.01. The Labute approximate surface area is 114 Å². The van der Waals surface area contributed by atoms with Gasteiger partial charge in [0, 0.05) is 18.3 Å². The van der Waals surface area contributed by atoms with Crippen molar-refractivity contribution >= 4 is 9.84 Å². The molecule has 0 aromatic rings. The van der Waals surface area contributed by atoms with E-state index in [0.717, 1.165) is 32.2 Å². The molecule has 0 spiro atoms. The van der Waals surface area contributed by atoms with Gasteiger partial charge >= 0.3 is 0 Å². The van der Waals surface area contributed by atoms with E-state index >= 15 is 0 Å². The van der Waals surface area contributed by atoms with Crippen LogP contribution in [0.15, 0.2) is 0 Å². The first-order chi connectivity index (χ1) is 8.31. The second-order valence-corrected chi connectivity index (χ2v) is 8.06. The van der Waals surface area contributed by atoms with E-state index in [0.29, 0.717) is 11.8 Å². The second-order valence-electron chi connectivity index (χ2n) is 5.58. The van der Waals surface area contributed by atoms with Crippen LogP contribution >= 0.6 is 0 Å². The van der Waals surface area contributed by atoms with Crippen LogP contribution < -0.4 is 5.32 Å². The summed E-state index contributed by atoms with van der Waals surface area (Å²) >= 11 is 0. The number of hydrogen-bond acceptors (Lipinski definition) is 3. The molecular formula is C14H31NO2S. The molecule has 0 fully saturated rings. The Hall–Kier alpha value is -0.0900. The van der Waals surface area contributed by atoms with E-state index in [1.165, 1.54) is 0 Å². The predicted molar refractivity (Wildman–Crippen MR) is 79.7 cm³/mol. The van der Waals surface area contributed by atoms with Gasteiger partial charge in [-0.05, 0) is 31.1 Å². The molecule has 0 aromatic carbocycles. The Bertz CT molecular complexity index is 306. The third-order valence-corrected chi connectivity index (χ3v) is 5.78. The summed E-state index contributed by atoms with van der Waals surface area (Å²) in [5, 5.41) is 3.50. The van der Waals surface area contributed by atoms with Crippen molar-refractivity contribution in [1.82, 2.24) is 5.32 Å². The average Bonchev–Trinajstić information content (AvgIpc) is 2.33. The lowest BCUT2D eigenvalue weighted by molar-refractivity contribution is 0.220. The molecule has 0 rings (SSSR count). The van der Waals surface area contributed by atoms with Crippen molar-refractivity contribution in [2.24, 2.45) is 5.41 Å². The standard InChI is InChI=1S/C14H31NO2S/c1-6-14(7-2,12-15-13(4)5)10-9-11-18(16,17)8-3/h13,15H,6-12H2,1-5H3. The summed E-state index contributed by atoms with van der Waals surface area (Å²) < 4.78 is 23.0. The summed E-state index contributed by atoms with van der Waals surface area (Å²) in [6, 6.07) is 0.488. The Balaban J connectivity index is 4.34. The third kappa shape index (κ3) is 6.74. The lowest BCUT2D eigenvalue weighted by Crippen LogP contribution is -2.37. The largest absolute Gasteiger partial charge is 0.314 e. The van der Waals surface area contributed by atoms with Crippen LogP contribution in [-0.2, 0) is 9.84 Å². The fourth-order valence-electron chi connectivity index (χ4n) is 2.17. The maximum absolute atomic E-state index is 11.5. The van der Waals surface area contributed by atoms with Gasteiger partial charge in [0.25, 0.3) is 0 Å². The lowest BCUT2D eigenvalue weighted by atomic mass is 9.78. The molecule has 0 aromatic heterocycles. The van der Waals surface area contributed by atoms with Crippen molar-refractivity contribution in [2.45, 2.75) is 66.3 Å². The maximum atomic E-state index is 11.5. The molecule has 0 saturated carbocycles. The Morgan fingerprint density at radius 2 is 1.67 bits per heavy atom. The van der Waals surface area contributed by atoms with Crippen LogP contribution in [0.4, 0.5) is 0 Å². The maximum Gasteiger partial charge on any atom is 0.150 e. The quantitative estimate of drug-likeness (QED) is 0.667. The smallest absolute Gasteiger partial charge is 0.150 e. The summed E-state index contributed by atoms with van der Waals surface area (Å²) in [5.41, 5.74) is 0.257. The molecular weight excluding hydrogens is 246 g/mol. The van der Waals surface area contributed by atoms with E-state index in [2.05, 4.69) is 33.0 Å². The van der Waals surface area contributed by atoms with Crippen LogP contribution in [0.2, 0.25) is 0 Å². The van der Waals surface area contributed by atoms with E-state index < -0.39 is 9.84 Å². The van der Waals surface area contributed by atoms with Gasteiger partial charge in [0.15, 0.2) is 0 Å². The number of rotatable bonds is 10. The molecule has 0 aliphatic carbocycles. The first-order valence-electron chi connectivity index (χ1n) is 7.24. The minimum atomic E-state index is -2.81. The monoisotopic (exact) mass is 277 g/mol. The van der Waals surface area contributed by atoms with Crippen LogP contribution in [-0.4, -0.2) is 32.5 Å². The molecule has 0 aliphatic heterocycles. The highest BCUT2D eigenvalue weighted by Crippen LogP contribution is 2.31.